The summed E-state index contributed by atoms with van der Waals surface area (Å²) in [4.78, 5) is 12.3. The summed E-state index contributed by atoms with van der Waals surface area (Å²) in [5, 5.41) is 10.2. The molecule has 4 rings (SSSR count). The fourth-order valence-electron chi connectivity index (χ4n) is 3.84. The fraction of sp³-hybridized carbons (Fsp3) is 0.786. The van der Waals surface area contributed by atoms with Crippen molar-refractivity contribution in [1.29, 1.82) is 0 Å². The molecule has 1 heterocycles. The first-order chi connectivity index (χ1) is 9.75. The van der Waals surface area contributed by atoms with Crippen molar-refractivity contribution in [3.63, 3.8) is 0 Å². The van der Waals surface area contributed by atoms with E-state index in [1.807, 2.05) is 0 Å². The van der Waals surface area contributed by atoms with Crippen LogP contribution < -0.4 is 5.32 Å². The highest BCUT2D eigenvalue weighted by Crippen LogP contribution is 2.55. The lowest BCUT2D eigenvalue weighted by Crippen LogP contribution is -2.27. The van der Waals surface area contributed by atoms with Gasteiger partial charge >= 0.3 is 0 Å². The summed E-state index contributed by atoms with van der Waals surface area (Å²) in [6, 6.07) is 0.497. The van der Waals surface area contributed by atoms with Crippen molar-refractivity contribution in [2.45, 2.75) is 51.1 Å². The van der Waals surface area contributed by atoms with Crippen molar-refractivity contribution in [3.8, 4) is 0 Å². The monoisotopic (exact) mass is 292 g/mol. The molecule has 0 radical (unpaired) electrons. The van der Waals surface area contributed by atoms with Crippen LogP contribution >= 0.6 is 12.2 Å². The Morgan fingerprint density at radius 2 is 2.00 bits per heavy atom. The van der Waals surface area contributed by atoms with Gasteiger partial charge in [0.05, 0.1) is 6.54 Å². The number of amides is 1. The molecular formula is C14H20N4OS. The summed E-state index contributed by atoms with van der Waals surface area (Å²) in [7, 11) is 0. The number of rotatable bonds is 4. The molecule has 1 aromatic heterocycles. The number of hydrogen-bond acceptors (Lipinski definition) is 3. The van der Waals surface area contributed by atoms with E-state index in [4.69, 9.17) is 12.2 Å². The summed E-state index contributed by atoms with van der Waals surface area (Å²) >= 11 is 5.25. The zero-order valence-electron chi connectivity index (χ0n) is 11.5. The molecule has 3 fully saturated rings. The molecule has 2 atom stereocenters. The largest absolute Gasteiger partial charge is 0.349 e. The third kappa shape index (κ3) is 2.10. The van der Waals surface area contributed by atoms with Crippen LogP contribution in [0.4, 0.5) is 0 Å². The third-order valence-electron chi connectivity index (χ3n) is 5.07. The minimum Gasteiger partial charge on any atom is -0.349 e. The number of carbonyl (C=O) groups is 1. The Labute approximate surface area is 123 Å². The summed E-state index contributed by atoms with van der Waals surface area (Å²) < 4.78 is 2.74. The Morgan fingerprint density at radius 3 is 2.65 bits per heavy atom. The van der Waals surface area contributed by atoms with Gasteiger partial charge in [-0.1, -0.05) is 12.8 Å². The highest BCUT2D eigenvalue weighted by atomic mass is 32.1. The first-order valence-electron chi connectivity index (χ1n) is 7.69. The minimum absolute atomic E-state index is 0.221. The van der Waals surface area contributed by atoms with Crippen LogP contribution in [0, 0.1) is 22.5 Å². The molecule has 2 N–H and O–H groups in total. The van der Waals surface area contributed by atoms with Crippen molar-refractivity contribution in [3.05, 3.63) is 10.6 Å². The quantitative estimate of drug-likeness (QED) is 0.837. The van der Waals surface area contributed by atoms with Crippen LogP contribution in [0.2, 0.25) is 0 Å². The van der Waals surface area contributed by atoms with E-state index in [2.05, 4.69) is 20.1 Å². The number of fused-ring (bicyclic) bond motifs is 1. The van der Waals surface area contributed by atoms with E-state index in [0.717, 1.165) is 5.82 Å². The summed E-state index contributed by atoms with van der Waals surface area (Å²) in [6.07, 6.45) is 7.41. The van der Waals surface area contributed by atoms with Gasteiger partial charge in [-0.3, -0.25) is 14.5 Å². The van der Waals surface area contributed by atoms with E-state index in [1.54, 1.807) is 0 Å². The highest BCUT2D eigenvalue weighted by molar-refractivity contribution is 7.71. The van der Waals surface area contributed by atoms with Crippen LogP contribution in [0.15, 0.2) is 0 Å². The molecule has 0 saturated heterocycles. The molecule has 3 saturated carbocycles. The van der Waals surface area contributed by atoms with Crippen molar-refractivity contribution in [1.82, 2.24) is 20.1 Å². The molecule has 20 heavy (non-hydrogen) atoms. The Kier molecular flexibility index (Phi) is 2.94. The zero-order valence-corrected chi connectivity index (χ0v) is 12.3. The van der Waals surface area contributed by atoms with Crippen LogP contribution in [0.5, 0.6) is 0 Å². The average Bonchev–Trinajstić information content (AvgIpc) is 3.35. The molecule has 6 heteroatoms. The molecule has 0 aromatic carbocycles. The number of carbonyl (C=O) groups excluding carboxylic acids is 1. The molecule has 1 aromatic rings. The summed E-state index contributed by atoms with van der Waals surface area (Å²) in [5.41, 5.74) is 0. The molecule has 3 aliphatic carbocycles. The lowest BCUT2D eigenvalue weighted by molar-refractivity contribution is -0.123. The van der Waals surface area contributed by atoms with Gasteiger partial charge in [-0.25, -0.2) is 0 Å². The highest BCUT2D eigenvalue weighted by Gasteiger charge is 2.54. The lowest BCUT2D eigenvalue weighted by Gasteiger charge is -2.06. The average molecular weight is 292 g/mol. The number of nitrogens with one attached hydrogen (secondary N) is 2. The molecular weight excluding hydrogens is 272 g/mol. The topological polar surface area (TPSA) is 62.7 Å². The minimum atomic E-state index is 0.221. The van der Waals surface area contributed by atoms with Gasteiger partial charge in [0.1, 0.15) is 0 Å². The maximum absolute atomic E-state index is 12.3. The van der Waals surface area contributed by atoms with Crippen molar-refractivity contribution in [2.75, 3.05) is 0 Å². The number of H-pyrrole nitrogens is 1. The van der Waals surface area contributed by atoms with E-state index in [1.165, 1.54) is 38.5 Å². The Balaban J connectivity index is 1.39. The molecule has 0 spiro atoms. The van der Waals surface area contributed by atoms with Gasteiger partial charge in [-0.15, -0.1) is 0 Å². The molecule has 108 valence electrons. The van der Waals surface area contributed by atoms with Gasteiger partial charge in [0.25, 0.3) is 0 Å². The number of aromatic nitrogens is 3. The number of aromatic amines is 1. The van der Waals surface area contributed by atoms with Crippen LogP contribution in [-0.2, 0) is 11.3 Å². The van der Waals surface area contributed by atoms with Gasteiger partial charge in [0.2, 0.25) is 5.91 Å². The van der Waals surface area contributed by atoms with E-state index in [0.29, 0.717) is 29.2 Å². The second-order valence-electron chi connectivity index (χ2n) is 6.40. The van der Waals surface area contributed by atoms with E-state index in [-0.39, 0.29) is 11.8 Å². The van der Waals surface area contributed by atoms with Gasteiger partial charge in [-0.05, 0) is 49.7 Å². The van der Waals surface area contributed by atoms with Gasteiger partial charge < -0.3 is 5.32 Å². The number of hydrogen-bond donors (Lipinski definition) is 2. The van der Waals surface area contributed by atoms with E-state index < -0.39 is 0 Å². The Hall–Kier alpha value is -1.17. The lowest BCUT2D eigenvalue weighted by atomic mass is 10.0. The van der Waals surface area contributed by atoms with Crippen LogP contribution in [0.1, 0.15) is 50.4 Å². The Bertz CT molecular complexity index is 576. The van der Waals surface area contributed by atoms with Crippen LogP contribution in [-0.4, -0.2) is 20.7 Å². The van der Waals surface area contributed by atoms with Gasteiger partial charge in [-0.2, -0.15) is 5.10 Å². The van der Waals surface area contributed by atoms with Gasteiger partial charge in [0, 0.05) is 12.0 Å². The summed E-state index contributed by atoms with van der Waals surface area (Å²) in [6.45, 7) is 0.498. The molecule has 3 aliphatic rings. The molecule has 1 amide bonds. The smallest absolute Gasteiger partial charge is 0.224 e. The first kappa shape index (κ1) is 12.6. The van der Waals surface area contributed by atoms with Crippen LogP contribution in [0.3, 0.4) is 0 Å². The van der Waals surface area contributed by atoms with E-state index >= 15 is 0 Å². The number of nitrogens with zero attached hydrogens (tertiary/aromatic N) is 2. The zero-order chi connectivity index (χ0) is 13.7. The second-order valence-corrected chi connectivity index (χ2v) is 6.79. The predicted molar refractivity (Wildman–Crippen MR) is 76.5 cm³/mol. The van der Waals surface area contributed by atoms with E-state index in [9.17, 15) is 4.79 Å². The maximum atomic E-state index is 12.3. The SMILES string of the molecule is O=C(NCc1n[nH]c(=S)n1C1CC1)C1[C@H]2CCCC[C@H]12. The third-order valence-corrected chi connectivity index (χ3v) is 5.36. The standard InChI is InChI=1S/C14H20N4OS/c19-13(12-9-3-1-2-4-10(9)12)15-7-11-16-17-14(20)18(11)8-5-6-8/h8-10,12H,1-7H2,(H,15,19)(H,17,20)/t9-,10-/m0/s1. The van der Waals surface area contributed by atoms with Gasteiger partial charge in [0.15, 0.2) is 10.6 Å². The normalized spacial score (nSPS) is 31.7. The maximum Gasteiger partial charge on any atom is 0.224 e. The molecule has 0 aliphatic heterocycles. The summed E-state index contributed by atoms with van der Waals surface area (Å²) in [5.74, 6) is 2.68. The molecule has 0 unspecified atom stereocenters. The fourth-order valence-corrected chi connectivity index (χ4v) is 4.14. The van der Waals surface area contributed by atoms with Crippen molar-refractivity contribution in [2.24, 2.45) is 17.8 Å². The van der Waals surface area contributed by atoms with Crippen molar-refractivity contribution < 1.29 is 4.79 Å². The Morgan fingerprint density at radius 1 is 1.30 bits per heavy atom. The molecule has 5 nitrogen and oxygen atoms in total. The predicted octanol–water partition coefficient (Wildman–Crippen LogP) is 2.33. The molecule has 0 bridgehead atoms. The second kappa shape index (κ2) is 4.69. The van der Waals surface area contributed by atoms with Crippen molar-refractivity contribution >= 4 is 18.1 Å². The first-order valence-corrected chi connectivity index (χ1v) is 8.10. The van der Waals surface area contributed by atoms with Crippen LogP contribution in [0.25, 0.3) is 0 Å².